The highest BCUT2D eigenvalue weighted by Crippen LogP contribution is 2.25. The second-order valence-corrected chi connectivity index (χ2v) is 5.22. The van der Waals surface area contributed by atoms with Gasteiger partial charge in [0.15, 0.2) is 0 Å². The molecule has 2 rings (SSSR count). The second-order valence-electron chi connectivity index (χ2n) is 5.22. The van der Waals surface area contributed by atoms with Crippen LogP contribution in [-0.2, 0) is 0 Å². The molecule has 1 aliphatic heterocycles. The molecule has 6 heteroatoms. The molecule has 1 aliphatic rings. The SMILES string of the molecule is Cc1cccc([N+](=O)[O-])c1C(=O)N1CCCC(CN)C1. The molecule has 20 heavy (non-hydrogen) atoms. The van der Waals surface area contributed by atoms with E-state index in [9.17, 15) is 14.9 Å². The Morgan fingerprint density at radius 1 is 1.55 bits per heavy atom. The van der Waals surface area contributed by atoms with Crippen LogP contribution in [0.2, 0.25) is 0 Å². The molecule has 1 unspecified atom stereocenters. The van der Waals surface area contributed by atoms with Gasteiger partial charge in [-0.1, -0.05) is 12.1 Å². The molecule has 6 nitrogen and oxygen atoms in total. The van der Waals surface area contributed by atoms with E-state index in [1.54, 1.807) is 24.0 Å². The summed E-state index contributed by atoms with van der Waals surface area (Å²) in [5.74, 6) is 0.0312. The highest BCUT2D eigenvalue weighted by Gasteiger charge is 2.29. The first-order valence-electron chi connectivity index (χ1n) is 6.78. The van der Waals surface area contributed by atoms with Crippen LogP contribution in [0.15, 0.2) is 18.2 Å². The smallest absolute Gasteiger partial charge is 0.282 e. The molecule has 0 radical (unpaired) electrons. The fraction of sp³-hybridized carbons (Fsp3) is 0.500. The van der Waals surface area contributed by atoms with E-state index in [2.05, 4.69) is 0 Å². The zero-order valence-electron chi connectivity index (χ0n) is 11.5. The van der Waals surface area contributed by atoms with E-state index >= 15 is 0 Å². The maximum Gasteiger partial charge on any atom is 0.282 e. The van der Waals surface area contributed by atoms with Gasteiger partial charge in [0, 0.05) is 19.2 Å². The first-order valence-corrected chi connectivity index (χ1v) is 6.78. The van der Waals surface area contributed by atoms with Gasteiger partial charge < -0.3 is 10.6 Å². The van der Waals surface area contributed by atoms with Crippen LogP contribution < -0.4 is 5.73 Å². The molecule has 2 N–H and O–H groups in total. The van der Waals surface area contributed by atoms with Gasteiger partial charge in [-0.05, 0) is 37.8 Å². The number of hydrogen-bond acceptors (Lipinski definition) is 4. The molecule has 0 aliphatic carbocycles. The number of amides is 1. The Morgan fingerprint density at radius 2 is 2.30 bits per heavy atom. The van der Waals surface area contributed by atoms with Crippen molar-refractivity contribution in [2.75, 3.05) is 19.6 Å². The van der Waals surface area contributed by atoms with Crippen molar-refractivity contribution < 1.29 is 9.72 Å². The van der Waals surface area contributed by atoms with E-state index in [0.717, 1.165) is 12.8 Å². The van der Waals surface area contributed by atoms with Crippen LogP contribution in [0.25, 0.3) is 0 Å². The molecule has 1 aromatic rings. The predicted octanol–water partition coefficient (Wildman–Crippen LogP) is 1.71. The first kappa shape index (κ1) is 14.5. The third-order valence-electron chi connectivity index (χ3n) is 3.80. The van der Waals surface area contributed by atoms with Crippen LogP contribution >= 0.6 is 0 Å². The number of nitro groups is 1. The quantitative estimate of drug-likeness (QED) is 0.672. The van der Waals surface area contributed by atoms with Crippen molar-refractivity contribution >= 4 is 11.6 Å². The highest BCUT2D eigenvalue weighted by molar-refractivity contribution is 5.99. The molecular weight excluding hydrogens is 258 g/mol. The average molecular weight is 277 g/mol. The lowest BCUT2D eigenvalue weighted by molar-refractivity contribution is -0.385. The standard InChI is InChI=1S/C14H19N3O3/c1-10-4-2-6-12(17(19)20)13(10)14(18)16-7-3-5-11(8-15)9-16/h2,4,6,11H,3,5,7-9,15H2,1H3. The Labute approximate surface area is 117 Å². The number of likely N-dealkylation sites (tertiary alicyclic amines) is 1. The molecule has 1 amide bonds. The maximum absolute atomic E-state index is 12.6. The third kappa shape index (κ3) is 2.80. The number of hydrogen-bond donors (Lipinski definition) is 1. The first-order chi connectivity index (χ1) is 9.54. The van der Waals surface area contributed by atoms with Crippen LogP contribution in [0, 0.1) is 23.0 Å². The van der Waals surface area contributed by atoms with E-state index in [1.807, 2.05) is 0 Å². The lowest BCUT2D eigenvalue weighted by Gasteiger charge is -2.32. The lowest BCUT2D eigenvalue weighted by atomic mass is 9.96. The number of carbonyl (C=O) groups excluding carboxylic acids is 1. The van der Waals surface area contributed by atoms with Gasteiger partial charge in [-0.2, -0.15) is 0 Å². The summed E-state index contributed by atoms with van der Waals surface area (Å²) in [7, 11) is 0. The summed E-state index contributed by atoms with van der Waals surface area (Å²) >= 11 is 0. The summed E-state index contributed by atoms with van der Waals surface area (Å²) < 4.78 is 0. The maximum atomic E-state index is 12.6. The molecule has 1 fully saturated rings. The minimum atomic E-state index is -0.495. The number of nitro benzene ring substituents is 1. The minimum Gasteiger partial charge on any atom is -0.338 e. The summed E-state index contributed by atoms with van der Waals surface area (Å²) in [4.78, 5) is 24.9. The van der Waals surface area contributed by atoms with Gasteiger partial charge in [0.05, 0.1) is 4.92 Å². The van der Waals surface area contributed by atoms with Crippen molar-refractivity contribution in [3.05, 3.63) is 39.4 Å². The molecule has 1 heterocycles. The van der Waals surface area contributed by atoms with E-state index in [-0.39, 0.29) is 23.1 Å². The zero-order chi connectivity index (χ0) is 14.7. The second kappa shape index (κ2) is 6.00. The van der Waals surface area contributed by atoms with Gasteiger partial charge in [-0.25, -0.2) is 0 Å². The third-order valence-corrected chi connectivity index (χ3v) is 3.80. The number of aryl methyl sites for hydroxylation is 1. The Balaban J connectivity index is 2.31. The fourth-order valence-electron chi connectivity index (χ4n) is 2.68. The molecule has 0 aromatic heterocycles. The number of nitrogens with zero attached hydrogens (tertiary/aromatic N) is 2. The number of benzene rings is 1. The molecule has 108 valence electrons. The molecule has 1 aromatic carbocycles. The summed E-state index contributed by atoms with van der Waals surface area (Å²) in [5, 5.41) is 11.1. The fourth-order valence-corrected chi connectivity index (χ4v) is 2.68. The summed E-state index contributed by atoms with van der Waals surface area (Å²) in [5.41, 5.74) is 6.39. The van der Waals surface area contributed by atoms with Gasteiger partial charge in [-0.3, -0.25) is 14.9 Å². The molecule has 0 bridgehead atoms. The molecule has 1 saturated heterocycles. The molecular formula is C14H19N3O3. The number of piperidine rings is 1. The largest absolute Gasteiger partial charge is 0.338 e. The minimum absolute atomic E-state index is 0.120. The van der Waals surface area contributed by atoms with E-state index in [4.69, 9.17) is 5.73 Å². The zero-order valence-corrected chi connectivity index (χ0v) is 11.5. The lowest BCUT2D eigenvalue weighted by Crippen LogP contribution is -2.42. The van der Waals surface area contributed by atoms with Crippen molar-refractivity contribution in [1.29, 1.82) is 0 Å². The van der Waals surface area contributed by atoms with Crippen molar-refractivity contribution in [2.24, 2.45) is 11.7 Å². The Morgan fingerprint density at radius 3 is 2.95 bits per heavy atom. The van der Waals surface area contributed by atoms with E-state index < -0.39 is 4.92 Å². The van der Waals surface area contributed by atoms with Gasteiger partial charge in [0.2, 0.25) is 0 Å². The van der Waals surface area contributed by atoms with Gasteiger partial charge in [0.1, 0.15) is 5.56 Å². The summed E-state index contributed by atoms with van der Waals surface area (Å²) in [6.45, 7) is 3.49. The average Bonchev–Trinajstić information content (AvgIpc) is 2.46. The van der Waals surface area contributed by atoms with E-state index in [0.29, 0.717) is 25.2 Å². The Kier molecular flexibility index (Phi) is 4.34. The normalized spacial score (nSPS) is 18.9. The predicted molar refractivity (Wildman–Crippen MR) is 75.5 cm³/mol. The van der Waals surface area contributed by atoms with Gasteiger partial charge in [-0.15, -0.1) is 0 Å². The van der Waals surface area contributed by atoms with Crippen molar-refractivity contribution in [3.8, 4) is 0 Å². The summed E-state index contributed by atoms with van der Waals surface area (Å²) in [6, 6.07) is 4.71. The number of nitrogens with two attached hydrogens (primary N) is 1. The molecule has 0 saturated carbocycles. The van der Waals surface area contributed by atoms with Crippen molar-refractivity contribution in [3.63, 3.8) is 0 Å². The summed E-state index contributed by atoms with van der Waals surface area (Å²) in [6.07, 6.45) is 1.91. The topological polar surface area (TPSA) is 89.5 Å². The van der Waals surface area contributed by atoms with E-state index in [1.165, 1.54) is 6.07 Å². The highest BCUT2D eigenvalue weighted by atomic mass is 16.6. The molecule has 0 spiro atoms. The Hall–Kier alpha value is -1.95. The van der Waals surface area contributed by atoms with Crippen LogP contribution in [0.4, 0.5) is 5.69 Å². The number of rotatable bonds is 3. The molecule has 1 atom stereocenters. The van der Waals surface area contributed by atoms with Crippen molar-refractivity contribution in [2.45, 2.75) is 19.8 Å². The number of carbonyl (C=O) groups is 1. The van der Waals surface area contributed by atoms with Crippen LogP contribution in [0.3, 0.4) is 0 Å². The Bertz CT molecular complexity index is 530. The van der Waals surface area contributed by atoms with Gasteiger partial charge in [0.25, 0.3) is 11.6 Å². The monoisotopic (exact) mass is 277 g/mol. The van der Waals surface area contributed by atoms with Crippen LogP contribution in [0.1, 0.15) is 28.8 Å². The van der Waals surface area contributed by atoms with Crippen molar-refractivity contribution in [1.82, 2.24) is 4.90 Å². The van der Waals surface area contributed by atoms with Crippen LogP contribution in [0.5, 0.6) is 0 Å². The van der Waals surface area contributed by atoms with Crippen LogP contribution in [-0.4, -0.2) is 35.4 Å². The van der Waals surface area contributed by atoms with Gasteiger partial charge >= 0.3 is 0 Å².